The van der Waals surface area contributed by atoms with Gasteiger partial charge in [-0.15, -0.1) is 0 Å². The number of carbonyl (C=O) groups excluding carboxylic acids is 1. The largest absolute Gasteiger partial charge is 0.392 e. The number of para-hydroxylation sites is 1. The Morgan fingerprint density at radius 3 is 2.82 bits per heavy atom. The monoisotopic (exact) mass is 254 g/mol. The molecular formula is C12H15ClN2O2. The first-order valence-corrected chi connectivity index (χ1v) is 5.88. The molecule has 4 nitrogen and oxygen atoms in total. The molecule has 1 fully saturated rings. The highest BCUT2D eigenvalue weighted by molar-refractivity contribution is 6.33. The minimum Gasteiger partial charge on any atom is -0.392 e. The van der Waals surface area contributed by atoms with Gasteiger partial charge in [-0.2, -0.15) is 0 Å². The highest BCUT2D eigenvalue weighted by Gasteiger charge is 2.24. The fraction of sp³-hybridized carbons (Fsp3) is 0.417. The van der Waals surface area contributed by atoms with Gasteiger partial charge in [-0.25, -0.2) is 0 Å². The van der Waals surface area contributed by atoms with Gasteiger partial charge in [0.2, 0.25) is 5.91 Å². The molecule has 1 heterocycles. The molecule has 0 unspecified atom stereocenters. The van der Waals surface area contributed by atoms with Crippen LogP contribution in [0.1, 0.15) is 5.56 Å². The first kappa shape index (κ1) is 12.2. The number of aliphatic hydroxyl groups is 1. The number of rotatable bonds is 2. The lowest BCUT2D eigenvalue weighted by atomic mass is 10.1. The number of carbonyl (C=O) groups is 1. The Morgan fingerprint density at radius 1 is 1.41 bits per heavy atom. The Kier molecular flexibility index (Phi) is 3.54. The van der Waals surface area contributed by atoms with E-state index < -0.39 is 0 Å². The van der Waals surface area contributed by atoms with Gasteiger partial charge in [0.1, 0.15) is 0 Å². The Hall–Kier alpha value is -1.26. The lowest BCUT2D eigenvalue weighted by molar-refractivity contribution is -0.129. The maximum Gasteiger partial charge on any atom is 0.241 e. The van der Waals surface area contributed by atoms with E-state index in [2.05, 4.69) is 0 Å². The third kappa shape index (κ3) is 2.37. The smallest absolute Gasteiger partial charge is 0.241 e. The zero-order valence-corrected chi connectivity index (χ0v) is 10.4. The van der Waals surface area contributed by atoms with Gasteiger partial charge in [-0.1, -0.05) is 23.7 Å². The molecule has 5 heteroatoms. The van der Waals surface area contributed by atoms with E-state index in [1.165, 1.54) is 0 Å². The number of piperazine rings is 1. The van der Waals surface area contributed by atoms with Gasteiger partial charge >= 0.3 is 0 Å². The molecule has 1 N–H and O–H groups in total. The molecule has 1 aromatic carbocycles. The molecule has 0 spiro atoms. The molecule has 2 rings (SSSR count). The SMILES string of the molecule is CN1CCN(c2c(Cl)cccc2CO)CC1=O. The number of hydrogen-bond donors (Lipinski definition) is 1. The second-order valence-electron chi connectivity index (χ2n) is 4.14. The molecule has 1 saturated heterocycles. The first-order chi connectivity index (χ1) is 8.13. The standard InChI is InChI=1S/C12H15ClN2O2/c1-14-5-6-15(7-11(14)17)12-9(8-16)3-2-4-10(12)13/h2-4,16H,5-8H2,1H3. The second kappa shape index (κ2) is 4.94. The van der Waals surface area contributed by atoms with E-state index in [-0.39, 0.29) is 12.5 Å². The van der Waals surface area contributed by atoms with Crippen LogP contribution in [0.3, 0.4) is 0 Å². The molecule has 0 aromatic heterocycles. The minimum atomic E-state index is -0.0730. The number of nitrogens with zero attached hydrogens (tertiary/aromatic N) is 2. The zero-order chi connectivity index (χ0) is 12.4. The minimum absolute atomic E-state index is 0.0695. The van der Waals surface area contributed by atoms with Crippen LogP contribution in [0.5, 0.6) is 0 Å². The average molecular weight is 255 g/mol. The van der Waals surface area contributed by atoms with Crippen molar-refractivity contribution in [2.24, 2.45) is 0 Å². The third-order valence-electron chi connectivity index (χ3n) is 3.01. The van der Waals surface area contributed by atoms with Crippen molar-refractivity contribution < 1.29 is 9.90 Å². The van der Waals surface area contributed by atoms with E-state index >= 15 is 0 Å². The highest BCUT2D eigenvalue weighted by Crippen LogP contribution is 2.30. The number of aliphatic hydroxyl groups excluding tert-OH is 1. The van der Waals surface area contributed by atoms with Crippen molar-refractivity contribution in [2.45, 2.75) is 6.61 Å². The second-order valence-corrected chi connectivity index (χ2v) is 4.55. The summed E-state index contributed by atoms with van der Waals surface area (Å²) in [5, 5.41) is 9.89. The van der Waals surface area contributed by atoms with Crippen molar-refractivity contribution in [2.75, 3.05) is 31.6 Å². The van der Waals surface area contributed by atoms with Crippen molar-refractivity contribution in [3.63, 3.8) is 0 Å². The van der Waals surface area contributed by atoms with Crippen molar-refractivity contribution >= 4 is 23.2 Å². The Morgan fingerprint density at radius 2 is 2.18 bits per heavy atom. The van der Waals surface area contributed by atoms with Crippen molar-refractivity contribution in [1.82, 2.24) is 4.90 Å². The average Bonchev–Trinajstić information content (AvgIpc) is 2.32. The summed E-state index contributed by atoms with van der Waals surface area (Å²) in [5.41, 5.74) is 1.54. The summed E-state index contributed by atoms with van der Waals surface area (Å²) < 4.78 is 0. The number of hydrogen-bond acceptors (Lipinski definition) is 3. The maximum atomic E-state index is 11.7. The first-order valence-electron chi connectivity index (χ1n) is 5.50. The van der Waals surface area contributed by atoms with Gasteiger partial charge in [0, 0.05) is 25.7 Å². The Labute approximate surface area is 105 Å². The van der Waals surface area contributed by atoms with Crippen molar-refractivity contribution in [3.8, 4) is 0 Å². The maximum absolute atomic E-state index is 11.7. The summed E-state index contributed by atoms with van der Waals surface area (Å²) >= 11 is 6.15. The van der Waals surface area contributed by atoms with Crippen LogP contribution in [0.25, 0.3) is 0 Å². The molecule has 1 aliphatic heterocycles. The van der Waals surface area contributed by atoms with Crippen LogP contribution in [0.15, 0.2) is 18.2 Å². The fourth-order valence-electron chi connectivity index (χ4n) is 1.99. The quantitative estimate of drug-likeness (QED) is 0.860. The van der Waals surface area contributed by atoms with Crippen LogP contribution in [0.2, 0.25) is 5.02 Å². The van der Waals surface area contributed by atoms with E-state index in [4.69, 9.17) is 11.6 Å². The van der Waals surface area contributed by atoms with E-state index in [9.17, 15) is 9.90 Å². The molecule has 1 amide bonds. The molecular weight excluding hydrogens is 240 g/mol. The molecule has 17 heavy (non-hydrogen) atoms. The van der Waals surface area contributed by atoms with Gasteiger partial charge in [0.05, 0.1) is 23.9 Å². The van der Waals surface area contributed by atoms with Gasteiger partial charge < -0.3 is 14.9 Å². The molecule has 0 radical (unpaired) electrons. The summed E-state index contributed by atoms with van der Waals surface area (Å²) in [4.78, 5) is 15.3. The van der Waals surface area contributed by atoms with Crippen molar-refractivity contribution in [1.29, 1.82) is 0 Å². The van der Waals surface area contributed by atoms with Gasteiger partial charge in [-0.05, 0) is 6.07 Å². The predicted molar refractivity (Wildman–Crippen MR) is 67.2 cm³/mol. The number of halogens is 1. The van der Waals surface area contributed by atoms with Crippen LogP contribution in [0, 0.1) is 0 Å². The van der Waals surface area contributed by atoms with E-state index in [1.54, 1.807) is 24.1 Å². The lowest BCUT2D eigenvalue weighted by Crippen LogP contribution is -2.48. The molecule has 1 aliphatic rings. The topological polar surface area (TPSA) is 43.8 Å². The third-order valence-corrected chi connectivity index (χ3v) is 3.32. The lowest BCUT2D eigenvalue weighted by Gasteiger charge is -2.35. The Balaban J connectivity index is 2.31. The number of benzene rings is 1. The van der Waals surface area contributed by atoms with Gasteiger partial charge in [0.15, 0.2) is 0 Å². The van der Waals surface area contributed by atoms with E-state index in [1.807, 2.05) is 11.0 Å². The predicted octanol–water partition coefficient (Wildman–Crippen LogP) is 1.11. The van der Waals surface area contributed by atoms with Crippen LogP contribution in [0.4, 0.5) is 5.69 Å². The molecule has 0 bridgehead atoms. The summed E-state index contributed by atoms with van der Waals surface area (Å²) in [5.74, 6) is 0.0695. The van der Waals surface area contributed by atoms with E-state index in [0.29, 0.717) is 18.1 Å². The zero-order valence-electron chi connectivity index (χ0n) is 9.69. The number of likely N-dealkylation sites (N-methyl/N-ethyl adjacent to an activating group) is 1. The normalized spacial score (nSPS) is 16.5. The van der Waals surface area contributed by atoms with Crippen LogP contribution < -0.4 is 4.90 Å². The molecule has 0 aliphatic carbocycles. The molecule has 92 valence electrons. The summed E-state index contributed by atoms with van der Waals surface area (Å²) in [6, 6.07) is 5.40. The summed E-state index contributed by atoms with van der Waals surface area (Å²) in [7, 11) is 1.79. The highest BCUT2D eigenvalue weighted by atomic mass is 35.5. The van der Waals surface area contributed by atoms with Gasteiger partial charge in [0.25, 0.3) is 0 Å². The summed E-state index contributed by atoms with van der Waals surface area (Å²) in [6.45, 7) is 1.65. The molecule has 1 aromatic rings. The summed E-state index contributed by atoms with van der Waals surface area (Å²) in [6.07, 6.45) is 0. The van der Waals surface area contributed by atoms with E-state index in [0.717, 1.165) is 17.8 Å². The molecule has 0 saturated carbocycles. The number of amides is 1. The molecule has 0 atom stereocenters. The van der Waals surface area contributed by atoms with Crippen molar-refractivity contribution in [3.05, 3.63) is 28.8 Å². The van der Waals surface area contributed by atoms with Crippen LogP contribution in [-0.4, -0.2) is 42.6 Å². The Bertz CT molecular complexity index is 437. The van der Waals surface area contributed by atoms with Crippen LogP contribution >= 0.6 is 11.6 Å². The van der Waals surface area contributed by atoms with Gasteiger partial charge in [-0.3, -0.25) is 4.79 Å². The number of anilines is 1. The van der Waals surface area contributed by atoms with Crippen LogP contribution in [-0.2, 0) is 11.4 Å². The fourth-order valence-corrected chi connectivity index (χ4v) is 2.30.